The molecule has 1 fully saturated rings. The van der Waals surface area contributed by atoms with Gasteiger partial charge in [0.05, 0.1) is 6.54 Å². The number of hydrogen-bond donors (Lipinski definition) is 2. The van der Waals surface area contributed by atoms with E-state index < -0.39 is 0 Å². The molecule has 0 radical (unpaired) electrons. The molecule has 0 spiro atoms. The zero-order valence-corrected chi connectivity index (χ0v) is 13.0. The summed E-state index contributed by atoms with van der Waals surface area (Å²) in [6.45, 7) is 12.1. The number of carbonyl (C=O) groups is 1. The van der Waals surface area contributed by atoms with Crippen LogP contribution >= 0.6 is 0 Å². The van der Waals surface area contributed by atoms with E-state index in [-0.39, 0.29) is 5.91 Å². The van der Waals surface area contributed by atoms with Gasteiger partial charge < -0.3 is 10.6 Å². The summed E-state index contributed by atoms with van der Waals surface area (Å²) in [7, 11) is 0. The summed E-state index contributed by atoms with van der Waals surface area (Å²) < 4.78 is 0. The molecular weight excluding hydrogens is 238 g/mol. The van der Waals surface area contributed by atoms with Crippen LogP contribution in [0.1, 0.15) is 47.0 Å². The van der Waals surface area contributed by atoms with Gasteiger partial charge in [-0.15, -0.1) is 0 Å². The van der Waals surface area contributed by atoms with Gasteiger partial charge in [-0.05, 0) is 45.6 Å². The van der Waals surface area contributed by atoms with E-state index in [9.17, 15) is 4.79 Å². The van der Waals surface area contributed by atoms with Crippen molar-refractivity contribution in [2.24, 2.45) is 5.92 Å². The second-order valence-corrected chi connectivity index (χ2v) is 6.35. The third-order valence-corrected chi connectivity index (χ3v) is 3.74. The molecule has 1 saturated heterocycles. The first-order valence-electron chi connectivity index (χ1n) is 7.73. The number of nitrogens with one attached hydrogen (secondary N) is 2. The van der Waals surface area contributed by atoms with E-state index in [1.807, 2.05) is 0 Å². The number of amides is 1. The quantitative estimate of drug-likeness (QED) is 0.704. The lowest BCUT2D eigenvalue weighted by atomic mass is 10.1. The zero-order valence-electron chi connectivity index (χ0n) is 13.0. The molecule has 1 heterocycles. The highest BCUT2D eigenvalue weighted by Crippen LogP contribution is 2.09. The van der Waals surface area contributed by atoms with Crippen LogP contribution in [-0.2, 0) is 4.79 Å². The minimum Gasteiger partial charge on any atom is -0.355 e. The minimum atomic E-state index is 0.160. The molecule has 19 heavy (non-hydrogen) atoms. The van der Waals surface area contributed by atoms with Crippen LogP contribution in [0.4, 0.5) is 0 Å². The van der Waals surface area contributed by atoms with Crippen molar-refractivity contribution in [3.8, 4) is 0 Å². The fourth-order valence-electron chi connectivity index (χ4n) is 2.39. The van der Waals surface area contributed by atoms with Crippen molar-refractivity contribution >= 4 is 5.91 Å². The largest absolute Gasteiger partial charge is 0.355 e. The van der Waals surface area contributed by atoms with E-state index in [0.717, 1.165) is 26.1 Å². The maximum Gasteiger partial charge on any atom is 0.234 e. The first-order valence-corrected chi connectivity index (χ1v) is 7.73. The summed E-state index contributed by atoms with van der Waals surface area (Å²) in [5.41, 5.74) is 0. The maximum atomic E-state index is 11.9. The van der Waals surface area contributed by atoms with Crippen molar-refractivity contribution in [2.75, 3.05) is 26.2 Å². The van der Waals surface area contributed by atoms with Crippen LogP contribution < -0.4 is 10.6 Å². The number of nitrogens with zero attached hydrogens (tertiary/aromatic N) is 1. The summed E-state index contributed by atoms with van der Waals surface area (Å²) in [6.07, 6.45) is 3.55. The normalized spacial score (nSPS) is 19.6. The lowest BCUT2D eigenvalue weighted by Crippen LogP contribution is -2.46. The number of carbonyl (C=O) groups excluding carboxylic acids is 1. The maximum absolute atomic E-state index is 11.9. The molecule has 2 N–H and O–H groups in total. The lowest BCUT2D eigenvalue weighted by molar-refractivity contribution is -0.122. The standard InChI is InChI=1S/C15H31N3O/c1-12(2)7-9-17-15(19)11-18(13(3)4)10-14-6-5-8-16-14/h12-14,16H,5-11H2,1-4H3,(H,17,19). The highest BCUT2D eigenvalue weighted by molar-refractivity contribution is 5.78. The molecule has 0 saturated carbocycles. The van der Waals surface area contributed by atoms with Gasteiger partial charge in [-0.3, -0.25) is 9.69 Å². The summed E-state index contributed by atoms with van der Waals surface area (Å²) in [5, 5.41) is 6.52. The van der Waals surface area contributed by atoms with Crippen molar-refractivity contribution in [1.82, 2.24) is 15.5 Å². The Morgan fingerprint density at radius 1 is 1.37 bits per heavy atom. The van der Waals surface area contributed by atoms with Crippen molar-refractivity contribution in [3.05, 3.63) is 0 Å². The molecule has 1 aliphatic heterocycles. The van der Waals surface area contributed by atoms with Gasteiger partial charge in [0.2, 0.25) is 5.91 Å². The molecule has 0 aromatic heterocycles. The molecule has 1 rings (SSSR count). The lowest BCUT2D eigenvalue weighted by Gasteiger charge is -2.28. The summed E-state index contributed by atoms with van der Waals surface area (Å²) in [6, 6.07) is 0.976. The van der Waals surface area contributed by atoms with Crippen molar-refractivity contribution in [1.29, 1.82) is 0 Å². The van der Waals surface area contributed by atoms with Crippen LogP contribution in [0.15, 0.2) is 0 Å². The Bertz CT molecular complexity index is 260. The van der Waals surface area contributed by atoms with E-state index in [1.54, 1.807) is 0 Å². The molecule has 1 unspecified atom stereocenters. The van der Waals surface area contributed by atoms with Crippen molar-refractivity contribution < 1.29 is 4.79 Å². The first kappa shape index (κ1) is 16.4. The van der Waals surface area contributed by atoms with Gasteiger partial charge in [0.25, 0.3) is 0 Å². The van der Waals surface area contributed by atoms with E-state index in [0.29, 0.717) is 24.5 Å². The SMILES string of the molecule is CC(C)CCNC(=O)CN(CC1CCCN1)C(C)C. The van der Waals surface area contributed by atoms with Crippen molar-refractivity contribution in [2.45, 2.75) is 59.0 Å². The minimum absolute atomic E-state index is 0.160. The molecule has 4 heteroatoms. The van der Waals surface area contributed by atoms with E-state index in [2.05, 4.69) is 43.2 Å². The Balaban J connectivity index is 2.29. The highest BCUT2D eigenvalue weighted by atomic mass is 16.2. The zero-order chi connectivity index (χ0) is 14.3. The van der Waals surface area contributed by atoms with Crippen LogP contribution in [0.2, 0.25) is 0 Å². The van der Waals surface area contributed by atoms with E-state index >= 15 is 0 Å². The number of rotatable bonds is 8. The fourth-order valence-corrected chi connectivity index (χ4v) is 2.39. The highest BCUT2D eigenvalue weighted by Gasteiger charge is 2.21. The van der Waals surface area contributed by atoms with Crippen molar-refractivity contribution in [3.63, 3.8) is 0 Å². The Labute approximate surface area is 118 Å². The van der Waals surface area contributed by atoms with Crippen LogP contribution in [0.5, 0.6) is 0 Å². The van der Waals surface area contributed by atoms with Crippen LogP contribution in [-0.4, -0.2) is 49.1 Å². The van der Waals surface area contributed by atoms with Gasteiger partial charge in [-0.25, -0.2) is 0 Å². The Morgan fingerprint density at radius 3 is 2.63 bits per heavy atom. The monoisotopic (exact) mass is 269 g/mol. The third kappa shape index (κ3) is 6.92. The average Bonchev–Trinajstić information content (AvgIpc) is 2.80. The smallest absolute Gasteiger partial charge is 0.234 e. The Hall–Kier alpha value is -0.610. The van der Waals surface area contributed by atoms with Gasteiger partial charge in [0.1, 0.15) is 0 Å². The second-order valence-electron chi connectivity index (χ2n) is 6.35. The summed E-state index contributed by atoms with van der Waals surface area (Å²) in [4.78, 5) is 14.2. The molecule has 4 nitrogen and oxygen atoms in total. The fraction of sp³-hybridized carbons (Fsp3) is 0.933. The van der Waals surface area contributed by atoms with E-state index in [1.165, 1.54) is 12.8 Å². The first-order chi connectivity index (χ1) is 8.99. The molecule has 0 aromatic carbocycles. The molecule has 1 atom stereocenters. The van der Waals surface area contributed by atoms with Crippen LogP contribution in [0.25, 0.3) is 0 Å². The van der Waals surface area contributed by atoms with Gasteiger partial charge in [-0.1, -0.05) is 13.8 Å². The molecule has 1 aliphatic rings. The average molecular weight is 269 g/mol. The molecular formula is C15H31N3O. The molecule has 0 bridgehead atoms. The molecule has 112 valence electrons. The van der Waals surface area contributed by atoms with Crippen LogP contribution in [0.3, 0.4) is 0 Å². The van der Waals surface area contributed by atoms with Crippen LogP contribution in [0, 0.1) is 5.92 Å². The molecule has 0 aromatic rings. The molecule has 1 amide bonds. The number of hydrogen-bond acceptors (Lipinski definition) is 3. The molecule has 0 aliphatic carbocycles. The summed E-state index contributed by atoms with van der Waals surface area (Å²) >= 11 is 0. The summed E-state index contributed by atoms with van der Waals surface area (Å²) in [5.74, 6) is 0.802. The Morgan fingerprint density at radius 2 is 2.11 bits per heavy atom. The Kier molecular flexibility index (Phi) is 7.39. The van der Waals surface area contributed by atoms with Gasteiger partial charge in [-0.2, -0.15) is 0 Å². The van der Waals surface area contributed by atoms with Gasteiger partial charge in [0, 0.05) is 25.2 Å². The van der Waals surface area contributed by atoms with Gasteiger partial charge >= 0.3 is 0 Å². The topological polar surface area (TPSA) is 44.4 Å². The predicted molar refractivity (Wildman–Crippen MR) is 80.2 cm³/mol. The predicted octanol–water partition coefficient (Wildman–Crippen LogP) is 1.61. The second kappa shape index (κ2) is 8.54. The third-order valence-electron chi connectivity index (χ3n) is 3.74. The van der Waals surface area contributed by atoms with E-state index in [4.69, 9.17) is 0 Å². The van der Waals surface area contributed by atoms with Gasteiger partial charge in [0.15, 0.2) is 0 Å².